The minimum absolute atomic E-state index is 0.188. The number of pyridine rings is 1. The molecule has 2 aromatic heterocycles. The smallest absolute Gasteiger partial charge is 0.177 e. The van der Waals surface area contributed by atoms with Crippen LogP contribution in [0, 0.1) is 0 Å². The number of hydrogen-bond donors (Lipinski definition) is 1. The van der Waals surface area contributed by atoms with Crippen molar-refractivity contribution >= 4 is 11.2 Å². The zero-order valence-corrected chi connectivity index (χ0v) is 8.22. The van der Waals surface area contributed by atoms with Crippen molar-refractivity contribution in [2.24, 2.45) is 5.73 Å². The number of hydrogen-bond acceptors (Lipinski definition) is 3. The molecule has 0 fully saturated rings. The van der Waals surface area contributed by atoms with Gasteiger partial charge in [-0.2, -0.15) is 0 Å². The molecule has 0 spiro atoms. The highest BCUT2D eigenvalue weighted by Crippen LogP contribution is 2.09. The van der Waals surface area contributed by atoms with E-state index in [1.54, 1.807) is 12.5 Å². The van der Waals surface area contributed by atoms with E-state index in [1.165, 1.54) is 0 Å². The number of fused-ring (bicyclic) bond motifs is 1. The van der Waals surface area contributed by atoms with E-state index in [-0.39, 0.29) is 6.04 Å². The van der Waals surface area contributed by atoms with E-state index in [0.717, 1.165) is 24.1 Å². The summed E-state index contributed by atoms with van der Waals surface area (Å²) in [6.45, 7) is 2.89. The van der Waals surface area contributed by atoms with Crippen LogP contribution in [-0.2, 0) is 6.54 Å². The van der Waals surface area contributed by atoms with Gasteiger partial charge in [0.15, 0.2) is 5.65 Å². The van der Waals surface area contributed by atoms with E-state index in [4.69, 9.17) is 5.73 Å². The number of rotatable bonds is 3. The number of nitrogens with zero attached hydrogens (tertiary/aromatic N) is 3. The molecule has 4 heteroatoms. The third-order valence-electron chi connectivity index (χ3n) is 2.35. The molecule has 2 N–H and O–H groups in total. The first-order valence-corrected chi connectivity index (χ1v) is 4.82. The maximum Gasteiger partial charge on any atom is 0.177 e. The molecule has 0 aliphatic carbocycles. The molecule has 0 aliphatic rings. The molecule has 0 saturated carbocycles. The quantitative estimate of drug-likeness (QED) is 0.790. The van der Waals surface area contributed by atoms with Crippen LogP contribution in [0.4, 0.5) is 0 Å². The van der Waals surface area contributed by atoms with Crippen molar-refractivity contribution in [2.75, 3.05) is 0 Å². The Morgan fingerprint density at radius 2 is 2.36 bits per heavy atom. The molecular weight excluding hydrogens is 176 g/mol. The first-order valence-electron chi connectivity index (χ1n) is 4.82. The van der Waals surface area contributed by atoms with Crippen LogP contribution in [0.15, 0.2) is 24.7 Å². The van der Waals surface area contributed by atoms with E-state index in [1.807, 2.05) is 12.1 Å². The minimum atomic E-state index is 0.188. The maximum absolute atomic E-state index is 5.89. The molecule has 2 rings (SSSR count). The summed E-state index contributed by atoms with van der Waals surface area (Å²) in [4.78, 5) is 8.36. The van der Waals surface area contributed by atoms with Crippen molar-refractivity contribution < 1.29 is 0 Å². The van der Waals surface area contributed by atoms with Crippen LogP contribution in [0.5, 0.6) is 0 Å². The van der Waals surface area contributed by atoms with Crippen molar-refractivity contribution in [2.45, 2.75) is 25.9 Å². The normalized spacial score (nSPS) is 13.3. The summed E-state index contributed by atoms with van der Waals surface area (Å²) >= 11 is 0. The van der Waals surface area contributed by atoms with Crippen molar-refractivity contribution in [3.8, 4) is 0 Å². The van der Waals surface area contributed by atoms with Crippen LogP contribution in [-0.4, -0.2) is 20.6 Å². The third-order valence-corrected chi connectivity index (χ3v) is 2.35. The Morgan fingerprint density at radius 1 is 1.50 bits per heavy atom. The second-order valence-corrected chi connectivity index (χ2v) is 3.41. The second-order valence-electron chi connectivity index (χ2n) is 3.41. The van der Waals surface area contributed by atoms with E-state index in [0.29, 0.717) is 0 Å². The van der Waals surface area contributed by atoms with Gasteiger partial charge in [-0.1, -0.05) is 6.92 Å². The average Bonchev–Trinajstić information content (AvgIpc) is 2.62. The van der Waals surface area contributed by atoms with Crippen molar-refractivity contribution in [3.63, 3.8) is 0 Å². The predicted octanol–water partition coefficient (Wildman–Crippen LogP) is 1.17. The van der Waals surface area contributed by atoms with Crippen LogP contribution < -0.4 is 5.73 Å². The lowest BCUT2D eigenvalue weighted by Crippen LogP contribution is -2.24. The molecule has 0 aromatic carbocycles. The summed E-state index contributed by atoms with van der Waals surface area (Å²) in [6, 6.07) is 4.11. The van der Waals surface area contributed by atoms with Gasteiger partial charge < -0.3 is 10.3 Å². The van der Waals surface area contributed by atoms with Gasteiger partial charge in [-0.05, 0) is 18.6 Å². The summed E-state index contributed by atoms with van der Waals surface area (Å²) < 4.78 is 2.05. The standard InChI is InChI=1S/C10H14N4/c1-2-8(11)6-14-7-13-10-9(14)4-3-5-12-10/h3-5,7-8H,2,6,11H2,1H3. The van der Waals surface area contributed by atoms with E-state index >= 15 is 0 Å². The fourth-order valence-electron chi connectivity index (χ4n) is 1.43. The molecule has 4 nitrogen and oxygen atoms in total. The molecule has 0 amide bonds. The van der Waals surface area contributed by atoms with Crippen molar-refractivity contribution in [1.82, 2.24) is 14.5 Å². The van der Waals surface area contributed by atoms with Crippen molar-refractivity contribution in [1.29, 1.82) is 0 Å². The Labute approximate surface area is 82.8 Å². The molecule has 0 aliphatic heterocycles. The lowest BCUT2D eigenvalue weighted by Gasteiger charge is -2.09. The Balaban J connectivity index is 2.33. The van der Waals surface area contributed by atoms with Crippen molar-refractivity contribution in [3.05, 3.63) is 24.7 Å². The minimum Gasteiger partial charge on any atom is -0.328 e. The number of nitrogens with two attached hydrogens (primary N) is 1. The summed E-state index contributed by atoms with van der Waals surface area (Å²) in [5.74, 6) is 0. The summed E-state index contributed by atoms with van der Waals surface area (Å²) in [7, 11) is 0. The van der Waals surface area contributed by atoms with Crippen LogP contribution in [0.25, 0.3) is 11.2 Å². The van der Waals surface area contributed by atoms with Crippen LogP contribution in [0.2, 0.25) is 0 Å². The predicted molar refractivity (Wildman–Crippen MR) is 55.8 cm³/mol. The summed E-state index contributed by atoms with van der Waals surface area (Å²) in [5.41, 5.74) is 7.73. The van der Waals surface area contributed by atoms with Gasteiger partial charge in [-0.3, -0.25) is 0 Å². The number of aromatic nitrogens is 3. The lowest BCUT2D eigenvalue weighted by molar-refractivity contribution is 0.548. The average molecular weight is 190 g/mol. The van der Waals surface area contributed by atoms with Crippen LogP contribution in [0.1, 0.15) is 13.3 Å². The van der Waals surface area contributed by atoms with Gasteiger partial charge >= 0.3 is 0 Å². The highest BCUT2D eigenvalue weighted by Gasteiger charge is 2.05. The zero-order chi connectivity index (χ0) is 9.97. The largest absolute Gasteiger partial charge is 0.328 e. The molecule has 0 radical (unpaired) electrons. The highest BCUT2D eigenvalue weighted by atomic mass is 15.1. The first kappa shape index (κ1) is 9.15. The maximum atomic E-state index is 5.89. The summed E-state index contributed by atoms with van der Waals surface area (Å²) in [6.07, 6.45) is 4.52. The molecule has 2 aromatic rings. The third kappa shape index (κ3) is 1.61. The molecule has 0 bridgehead atoms. The Kier molecular flexibility index (Phi) is 2.45. The van der Waals surface area contributed by atoms with Gasteiger partial charge in [0, 0.05) is 18.8 Å². The van der Waals surface area contributed by atoms with Gasteiger partial charge in [0.1, 0.15) is 0 Å². The molecular formula is C10H14N4. The Hall–Kier alpha value is -1.42. The van der Waals surface area contributed by atoms with Gasteiger partial charge in [-0.15, -0.1) is 0 Å². The lowest BCUT2D eigenvalue weighted by atomic mass is 10.2. The number of imidazole rings is 1. The van der Waals surface area contributed by atoms with E-state index in [2.05, 4.69) is 21.5 Å². The van der Waals surface area contributed by atoms with Gasteiger partial charge in [-0.25, -0.2) is 9.97 Å². The fourth-order valence-corrected chi connectivity index (χ4v) is 1.43. The van der Waals surface area contributed by atoms with Gasteiger partial charge in [0.05, 0.1) is 11.8 Å². The molecule has 14 heavy (non-hydrogen) atoms. The van der Waals surface area contributed by atoms with Gasteiger partial charge in [0.2, 0.25) is 0 Å². The molecule has 74 valence electrons. The SMILES string of the molecule is CCC(N)Cn1cnc2ncccc21. The zero-order valence-electron chi connectivity index (χ0n) is 8.22. The monoisotopic (exact) mass is 190 g/mol. The Morgan fingerprint density at radius 3 is 3.14 bits per heavy atom. The first-order chi connectivity index (χ1) is 6.81. The molecule has 0 saturated heterocycles. The molecule has 2 heterocycles. The second kappa shape index (κ2) is 3.75. The van der Waals surface area contributed by atoms with E-state index < -0.39 is 0 Å². The highest BCUT2D eigenvalue weighted by molar-refractivity contribution is 5.70. The van der Waals surface area contributed by atoms with Gasteiger partial charge in [0.25, 0.3) is 0 Å². The topological polar surface area (TPSA) is 56.7 Å². The molecule has 1 unspecified atom stereocenters. The van der Waals surface area contributed by atoms with Crippen LogP contribution in [0.3, 0.4) is 0 Å². The fraction of sp³-hybridized carbons (Fsp3) is 0.400. The summed E-state index contributed by atoms with van der Waals surface area (Å²) in [5, 5.41) is 0. The Bertz CT molecular complexity index is 421. The van der Waals surface area contributed by atoms with Crippen LogP contribution >= 0.6 is 0 Å². The van der Waals surface area contributed by atoms with E-state index in [9.17, 15) is 0 Å². The molecule has 1 atom stereocenters.